The zero-order chi connectivity index (χ0) is 12.7. The van der Waals surface area contributed by atoms with Gasteiger partial charge in [-0.1, -0.05) is 22.0 Å². The van der Waals surface area contributed by atoms with Crippen molar-refractivity contribution >= 4 is 21.8 Å². The van der Waals surface area contributed by atoms with Gasteiger partial charge in [0, 0.05) is 17.6 Å². The van der Waals surface area contributed by atoms with E-state index in [0.717, 1.165) is 23.3 Å². The monoisotopic (exact) mass is 299 g/mol. The molecular formula is C13H18BrNO2. The lowest BCUT2D eigenvalue weighted by Gasteiger charge is -2.18. The van der Waals surface area contributed by atoms with Crippen LogP contribution in [0.25, 0.3) is 0 Å². The van der Waals surface area contributed by atoms with Crippen LogP contribution < -0.4 is 4.74 Å². The summed E-state index contributed by atoms with van der Waals surface area (Å²) >= 11 is 3.37. The zero-order valence-electron chi connectivity index (χ0n) is 10.3. The Hall–Kier alpha value is -1.03. The second-order valence-corrected chi connectivity index (χ2v) is 4.54. The molecular weight excluding hydrogens is 282 g/mol. The molecule has 0 aromatic heterocycles. The van der Waals surface area contributed by atoms with E-state index in [1.807, 2.05) is 43.0 Å². The Morgan fingerprint density at radius 2 is 2.06 bits per heavy atom. The normalized spacial score (nSPS) is 10.1. The standard InChI is InChI=1S/C13H18BrNO2/c1-3-15(4-2)13(16)8-9-17-12-7-5-6-11(14)10-12/h5-7,10H,3-4,8-9H2,1-2H3. The third kappa shape index (κ3) is 4.77. The lowest BCUT2D eigenvalue weighted by Crippen LogP contribution is -2.31. The van der Waals surface area contributed by atoms with Gasteiger partial charge < -0.3 is 9.64 Å². The molecule has 1 aromatic carbocycles. The van der Waals surface area contributed by atoms with Crippen LogP contribution in [0.4, 0.5) is 0 Å². The molecule has 4 heteroatoms. The summed E-state index contributed by atoms with van der Waals surface area (Å²) in [4.78, 5) is 13.5. The highest BCUT2D eigenvalue weighted by molar-refractivity contribution is 9.10. The molecule has 94 valence electrons. The van der Waals surface area contributed by atoms with Crippen molar-refractivity contribution in [3.8, 4) is 5.75 Å². The van der Waals surface area contributed by atoms with E-state index in [1.165, 1.54) is 0 Å². The summed E-state index contributed by atoms with van der Waals surface area (Å²) in [7, 11) is 0. The first kappa shape index (κ1) is 14.0. The number of nitrogens with zero attached hydrogens (tertiary/aromatic N) is 1. The number of carbonyl (C=O) groups is 1. The van der Waals surface area contributed by atoms with E-state index in [9.17, 15) is 4.79 Å². The molecule has 3 nitrogen and oxygen atoms in total. The van der Waals surface area contributed by atoms with E-state index in [1.54, 1.807) is 0 Å². The minimum absolute atomic E-state index is 0.144. The van der Waals surface area contributed by atoms with Crippen LogP contribution >= 0.6 is 15.9 Å². The smallest absolute Gasteiger partial charge is 0.225 e. The molecule has 0 aliphatic rings. The van der Waals surface area contributed by atoms with Gasteiger partial charge in [-0.15, -0.1) is 0 Å². The Balaban J connectivity index is 2.35. The van der Waals surface area contributed by atoms with Crippen molar-refractivity contribution in [2.75, 3.05) is 19.7 Å². The number of benzene rings is 1. The fraction of sp³-hybridized carbons (Fsp3) is 0.462. The molecule has 0 heterocycles. The van der Waals surface area contributed by atoms with E-state index < -0.39 is 0 Å². The van der Waals surface area contributed by atoms with Crippen molar-refractivity contribution in [1.29, 1.82) is 0 Å². The number of hydrogen-bond acceptors (Lipinski definition) is 2. The molecule has 0 N–H and O–H groups in total. The van der Waals surface area contributed by atoms with Crippen molar-refractivity contribution in [2.45, 2.75) is 20.3 Å². The van der Waals surface area contributed by atoms with Crippen LogP contribution in [0, 0.1) is 0 Å². The van der Waals surface area contributed by atoms with Gasteiger partial charge in [0.1, 0.15) is 5.75 Å². The Kier molecular flexibility index (Phi) is 6.05. The van der Waals surface area contributed by atoms with Crippen LogP contribution in [0.1, 0.15) is 20.3 Å². The molecule has 0 aliphatic carbocycles. The van der Waals surface area contributed by atoms with E-state index >= 15 is 0 Å². The van der Waals surface area contributed by atoms with Gasteiger partial charge in [-0.2, -0.15) is 0 Å². The number of carbonyl (C=O) groups excluding carboxylic acids is 1. The van der Waals surface area contributed by atoms with Gasteiger partial charge in [0.15, 0.2) is 0 Å². The molecule has 0 saturated heterocycles. The Morgan fingerprint density at radius 3 is 2.65 bits per heavy atom. The molecule has 0 saturated carbocycles. The third-order valence-electron chi connectivity index (χ3n) is 2.50. The maximum absolute atomic E-state index is 11.7. The van der Waals surface area contributed by atoms with E-state index in [0.29, 0.717) is 13.0 Å². The predicted octanol–water partition coefficient (Wildman–Crippen LogP) is 3.09. The minimum Gasteiger partial charge on any atom is -0.493 e. The van der Waals surface area contributed by atoms with Crippen molar-refractivity contribution in [1.82, 2.24) is 4.90 Å². The summed E-state index contributed by atoms with van der Waals surface area (Å²) in [6.07, 6.45) is 0.425. The fourth-order valence-electron chi connectivity index (χ4n) is 1.55. The molecule has 0 bridgehead atoms. The van der Waals surface area contributed by atoms with Gasteiger partial charge >= 0.3 is 0 Å². The van der Waals surface area contributed by atoms with Crippen molar-refractivity contribution < 1.29 is 9.53 Å². The second-order valence-electron chi connectivity index (χ2n) is 3.62. The average Bonchev–Trinajstić information content (AvgIpc) is 2.30. The Labute approximate surface area is 111 Å². The lowest BCUT2D eigenvalue weighted by atomic mass is 10.3. The molecule has 0 aliphatic heterocycles. The summed E-state index contributed by atoms with van der Waals surface area (Å²) in [5.74, 6) is 0.928. The van der Waals surface area contributed by atoms with Crippen LogP contribution in [0.2, 0.25) is 0 Å². The largest absolute Gasteiger partial charge is 0.493 e. The molecule has 0 radical (unpaired) electrons. The van der Waals surface area contributed by atoms with Gasteiger partial charge in [-0.25, -0.2) is 0 Å². The molecule has 1 aromatic rings. The van der Waals surface area contributed by atoms with Crippen molar-refractivity contribution in [2.24, 2.45) is 0 Å². The summed E-state index contributed by atoms with van der Waals surface area (Å²) < 4.78 is 6.50. The number of amides is 1. The molecule has 1 amide bonds. The molecule has 0 atom stereocenters. The van der Waals surface area contributed by atoms with Crippen LogP contribution in [0.3, 0.4) is 0 Å². The second kappa shape index (κ2) is 7.33. The summed E-state index contributed by atoms with van der Waals surface area (Å²) in [5, 5.41) is 0. The highest BCUT2D eigenvalue weighted by Crippen LogP contribution is 2.17. The Bertz CT molecular complexity index is 364. The number of ether oxygens (including phenoxy) is 1. The predicted molar refractivity (Wildman–Crippen MR) is 72.2 cm³/mol. The van der Waals surface area contributed by atoms with Crippen LogP contribution in [-0.4, -0.2) is 30.5 Å². The SMILES string of the molecule is CCN(CC)C(=O)CCOc1cccc(Br)c1. The molecule has 0 spiro atoms. The number of rotatable bonds is 6. The highest BCUT2D eigenvalue weighted by Gasteiger charge is 2.08. The molecule has 0 unspecified atom stereocenters. The number of halogens is 1. The van der Waals surface area contributed by atoms with Gasteiger partial charge in [-0.3, -0.25) is 4.79 Å². The van der Waals surface area contributed by atoms with Crippen molar-refractivity contribution in [3.05, 3.63) is 28.7 Å². The third-order valence-corrected chi connectivity index (χ3v) is 2.99. The summed E-state index contributed by atoms with van der Waals surface area (Å²) in [6.45, 7) is 5.90. The van der Waals surface area contributed by atoms with E-state index in [2.05, 4.69) is 15.9 Å². The first-order valence-corrected chi connectivity index (χ1v) is 6.62. The van der Waals surface area contributed by atoms with Crippen LogP contribution in [-0.2, 0) is 4.79 Å². The number of hydrogen-bond donors (Lipinski definition) is 0. The van der Waals surface area contributed by atoms with Gasteiger partial charge in [0.25, 0.3) is 0 Å². The maximum Gasteiger partial charge on any atom is 0.225 e. The molecule has 1 rings (SSSR count). The highest BCUT2D eigenvalue weighted by atomic mass is 79.9. The summed E-state index contributed by atoms with van der Waals surface area (Å²) in [6, 6.07) is 7.62. The zero-order valence-corrected chi connectivity index (χ0v) is 11.9. The van der Waals surface area contributed by atoms with Crippen LogP contribution in [0.15, 0.2) is 28.7 Å². The van der Waals surface area contributed by atoms with Crippen LogP contribution in [0.5, 0.6) is 5.75 Å². The lowest BCUT2D eigenvalue weighted by molar-refractivity contribution is -0.131. The van der Waals surface area contributed by atoms with Gasteiger partial charge in [0.2, 0.25) is 5.91 Å². The van der Waals surface area contributed by atoms with Gasteiger partial charge in [0.05, 0.1) is 13.0 Å². The maximum atomic E-state index is 11.7. The van der Waals surface area contributed by atoms with Gasteiger partial charge in [-0.05, 0) is 32.0 Å². The Morgan fingerprint density at radius 1 is 1.35 bits per heavy atom. The molecule has 17 heavy (non-hydrogen) atoms. The quantitative estimate of drug-likeness (QED) is 0.808. The minimum atomic E-state index is 0.144. The summed E-state index contributed by atoms with van der Waals surface area (Å²) in [5.41, 5.74) is 0. The van der Waals surface area contributed by atoms with E-state index in [-0.39, 0.29) is 5.91 Å². The molecule has 0 fully saturated rings. The average molecular weight is 300 g/mol. The topological polar surface area (TPSA) is 29.5 Å². The van der Waals surface area contributed by atoms with Crippen molar-refractivity contribution in [3.63, 3.8) is 0 Å². The first-order chi connectivity index (χ1) is 8.17. The van der Waals surface area contributed by atoms with E-state index in [4.69, 9.17) is 4.74 Å². The first-order valence-electron chi connectivity index (χ1n) is 5.83. The fourth-order valence-corrected chi connectivity index (χ4v) is 1.93.